The van der Waals surface area contributed by atoms with Gasteiger partial charge in [-0.25, -0.2) is 8.78 Å². The van der Waals surface area contributed by atoms with Crippen molar-refractivity contribution in [3.63, 3.8) is 0 Å². The summed E-state index contributed by atoms with van der Waals surface area (Å²) in [6, 6.07) is 11.5. The summed E-state index contributed by atoms with van der Waals surface area (Å²) < 4.78 is 26.9. The Morgan fingerprint density at radius 1 is 0.958 bits per heavy atom. The predicted molar refractivity (Wildman–Crippen MR) is 92.3 cm³/mol. The van der Waals surface area contributed by atoms with Crippen molar-refractivity contribution < 1.29 is 8.78 Å². The van der Waals surface area contributed by atoms with Crippen LogP contribution in [0.15, 0.2) is 42.5 Å². The molecule has 4 rings (SSSR count). The van der Waals surface area contributed by atoms with Crippen LogP contribution in [0.25, 0.3) is 0 Å². The number of piperidine rings is 1. The molecule has 2 aliphatic heterocycles. The van der Waals surface area contributed by atoms with Crippen LogP contribution in [-0.4, -0.2) is 25.2 Å². The fourth-order valence-electron chi connectivity index (χ4n) is 3.80. The Hall–Kier alpha value is -2.14. The summed E-state index contributed by atoms with van der Waals surface area (Å²) in [4.78, 5) is 2.28. The van der Waals surface area contributed by atoms with Gasteiger partial charge in [0.15, 0.2) is 0 Å². The molecular formula is C19H21F2N3. The van der Waals surface area contributed by atoms with Gasteiger partial charge in [-0.3, -0.25) is 0 Å². The molecular weight excluding hydrogens is 308 g/mol. The Morgan fingerprint density at radius 3 is 2.42 bits per heavy atom. The minimum absolute atomic E-state index is 0.0356. The van der Waals surface area contributed by atoms with E-state index in [4.69, 9.17) is 0 Å². The third-order valence-electron chi connectivity index (χ3n) is 5.04. The Labute approximate surface area is 140 Å². The highest BCUT2D eigenvalue weighted by Crippen LogP contribution is 2.39. The minimum Gasteiger partial charge on any atom is -0.376 e. The van der Waals surface area contributed by atoms with E-state index in [-0.39, 0.29) is 17.2 Å². The third kappa shape index (κ3) is 2.96. The lowest BCUT2D eigenvalue weighted by atomic mass is 9.85. The van der Waals surface area contributed by atoms with Gasteiger partial charge in [-0.2, -0.15) is 0 Å². The molecule has 2 aromatic rings. The first-order chi connectivity index (χ1) is 11.6. The van der Waals surface area contributed by atoms with E-state index in [9.17, 15) is 8.78 Å². The first-order valence-electron chi connectivity index (χ1n) is 8.41. The van der Waals surface area contributed by atoms with E-state index in [0.717, 1.165) is 49.4 Å². The normalized spacial score (nSPS) is 19.0. The smallest absolute Gasteiger partial charge is 0.125 e. The van der Waals surface area contributed by atoms with Gasteiger partial charge in [0.05, 0.1) is 16.9 Å². The fourth-order valence-corrected chi connectivity index (χ4v) is 3.80. The van der Waals surface area contributed by atoms with Crippen LogP contribution in [0.1, 0.15) is 18.4 Å². The highest BCUT2D eigenvalue weighted by molar-refractivity contribution is 5.74. The molecule has 2 heterocycles. The predicted octanol–water partition coefficient (Wildman–Crippen LogP) is 3.52. The summed E-state index contributed by atoms with van der Waals surface area (Å²) in [7, 11) is 0. The molecule has 3 nitrogen and oxygen atoms in total. The first-order valence-corrected chi connectivity index (χ1v) is 8.41. The Morgan fingerprint density at radius 2 is 1.67 bits per heavy atom. The number of hydrogen-bond acceptors (Lipinski definition) is 3. The van der Waals surface area contributed by atoms with Gasteiger partial charge in [0.25, 0.3) is 0 Å². The van der Waals surface area contributed by atoms with Crippen LogP contribution < -0.4 is 15.5 Å². The van der Waals surface area contributed by atoms with Gasteiger partial charge in [-0.15, -0.1) is 0 Å². The van der Waals surface area contributed by atoms with Gasteiger partial charge in [0.1, 0.15) is 11.6 Å². The molecule has 126 valence electrons. The summed E-state index contributed by atoms with van der Waals surface area (Å²) in [5.74, 6) is -0.453. The number of nitrogens with one attached hydrogen (secondary N) is 2. The molecule has 5 heteroatoms. The largest absolute Gasteiger partial charge is 0.376 e. The minimum atomic E-state index is -0.228. The lowest BCUT2D eigenvalue weighted by molar-refractivity contribution is 0.332. The monoisotopic (exact) mass is 329 g/mol. The molecule has 0 aromatic heterocycles. The number of fused-ring (bicyclic) bond motifs is 1. The second-order valence-corrected chi connectivity index (χ2v) is 6.80. The van der Waals surface area contributed by atoms with Crippen molar-refractivity contribution in [1.29, 1.82) is 0 Å². The van der Waals surface area contributed by atoms with Crippen molar-refractivity contribution in [2.45, 2.75) is 24.9 Å². The van der Waals surface area contributed by atoms with Crippen LogP contribution in [0.4, 0.5) is 20.2 Å². The molecule has 2 aliphatic rings. The van der Waals surface area contributed by atoms with Crippen LogP contribution in [0.2, 0.25) is 0 Å². The van der Waals surface area contributed by atoms with Crippen LogP contribution in [0.3, 0.4) is 0 Å². The van der Waals surface area contributed by atoms with Gasteiger partial charge < -0.3 is 15.5 Å². The number of hydrogen-bond donors (Lipinski definition) is 2. The number of rotatable bonds is 2. The average molecular weight is 329 g/mol. The molecule has 0 radical (unpaired) electrons. The third-order valence-corrected chi connectivity index (χ3v) is 5.04. The summed E-state index contributed by atoms with van der Waals surface area (Å²) in [5.41, 5.74) is 2.87. The zero-order chi connectivity index (χ0) is 16.6. The maximum atomic E-state index is 13.7. The molecule has 0 aliphatic carbocycles. The van der Waals surface area contributed by atoms with Crippen molar-refractivity contribution in [2.75, 3.05) is 29.9 Å². The van der Waals surface area contributed by atoms with E-state index in [1.165, 1.54) is 18.2 Å². The van der Waals surface area contributed by atoms with E-state index in [0.29, 0.717) is 6.54 Å². The molecule has 0 unspecified atom stereocenters. The lowest BCUT2D eigenvalue weighted by Gasteiger charge is -2.48. The number of nitrogens with zero attached hydrogens (tertiary/aromatic N) is 1. The Bertz CT molecular complexity index is 724. The fraction of sp³-hybridized carbons (Fsp3) is 0.368. The summed E-state index contributed by atoms with van der Waals surface area (Å²) in [6.45, 7) is 3.48. The Balaban J connectivity index is 1.67. The number of benzene rings is 2. The van der Waals surface area contributed by atoms with Crippen molar-refractivity contribution in [3.8, 4) is 0 Å². The van der Waals surface area contributed by atoms with Gasteiger partial charge in [-0.1, -0.05) is 12.1 Å². The molecule has 1 spiro atoms. The Kier molecular flexibility index (Phi) is 3.88. The summed E-state index contributed by atoms with van der Waals surface area (Å²) in [5, 5.41) is 6.98. The van der Waals surface area contributed by atoms with Gasteiger partial charge in [-0.05, 0) is 61.8 Å². The molecule has 0 amide bonds. The molecule has 0 bridgehead atoms. The van der Waals surface area contributed by atoms with E-state index in [2.05, 4.69) is 15.5 Å². The van der Waals surface area contributed by atoms with E-state index < -0.39 is 0 Å². The lowest BCUT2D eigenvalue weighted by Crippen LogP contribution is -2.57. The van der Waals surface area contributed by atoms with Gasteiger partial charge >= 0.3 is 0 Å². The number of halogens is 2. The highest BCUT2D eigenvalue weighted by Gasteiger charge is 2.38. The van der Waals surface area contributed by atoms with E-state index >= 15 is 0 Å². The summed E-state index contributed by atoms with van der Waals surface area (Å²) >= 11 is 0. The SMILES string of the molecule is Fc1ccc(CN2CC3(CCNCC3)Nc3cc(F)ccc32)cc1. The summed E-state index contributed by atoms with van der Waals surface area (Å²) in [6.07, 6.45) is 2.01. The zero-order valence-corrected chi connectivity index (χ0v) is 13.5. The maximum Gasteiger partial charge on any atom is 0.125 e. The topological polar surface area (TPSA) is 27.3 Å². The van der Waals surface area contributed by atoms with Crippen molar-refractivity contribution >= 4 is 11.4 Å². The quantitative estimate of drug-likeness (QED) is 0.883. The van der Waals surface area contributed by atoms with Crippen LogP contribution >= 0.6 is 0 Å². The van der Waals surface area contributed by atoms with E-state index in [1.54, 1.807) is 6.07 Å². The standard InChI is InChI=1S/C19H21F2N3/c20-15-3-1-14(2-4-15)12-24-13-19(7-9-22-10-8-19)23-17-11-16(21)5-6-18(17)24/h1-6,11,22-23H,7-10,12-13H2. The molecule has 0 saturated carbocycles. The van der Waals surface area contributed by atoms with E-state index in [1.807, 2.05) is 18.2 Å². The van der Waals surface area contributed by atoms with Gasteiger partial charge in [0.2, 0.25) is 0 Å². The van der Waals surface area contributed by atoms with Crippen LogP contribution in [0.5, 0.6) is 0 Å². The molecule has 24 heavy (non-hydrogen) atoms. The zero-order valence-electron chi connectivity index (χ0n) is 13.5. The highest BCUT2D eigenvalue weighted by atomic mass is 19.1. The number of anilines is 2. The molecule has 0 atom stereocenters. The molecule has 1 saturated heterocycles. The molecule has 1 fully saturated rings. The maximum absolute atomic E-state index is 13.7. The van der Waals surface area contributed by atoms with Crippen molar-refractivity contribution in [2.24, 2.45) is 0 Å². The molecule has 2 N–H and O–H groups in total. The van der Waals surface area contributed by atoms with Crippen LogP contribution in [-0.2, 0) is 6.54 Å². The van der Waals surface area contributed by atoms with Gasteiger partial charge in [0, 0.05) is 13.1 Å². The second kappa shape index (κ2) is 6.06. The average Bonchev–Trinajstić information content (AvgIpc) is 2.57. The van der Waals surface area contributed by atoms with Crippen molar-refractivity contribution in [3.05, 3.63) is 59.7 Å². The van der Waals surface area contributed by atoms with Crippen molar-refractivity contribution in [1.82, 2.24) is 5.32 Å². The molecule has 2 aromatic carbocycles. The van der Waals surface area contributed by atoms with Crippen LogP contribution in [0, 0.1) is 11.6 Å². The first kappa shape index (κ1) is 15.4. The second-order valence-electron chi connectivity index (χ2n) is 6.80.